The van der Waals surface area contributed by atoms with Crippen LogP contribution in [0.4, 0.5) is 0 Å². The highest BCUT2D eigenvalue weighted by molar-refractivity contribution is 7.89. The maximum Gasteiger partial charge on any atom is 0.252 e. The Kier molecular flexibility index (Phi) is 8.17. The molecule has 0 aromatic carbocycles. The molecule has 0 saturated heterocycles. The summed E-state index contributed by atoms with van der Waals surface area (Å²) in [5.41, 5.74) is 1.05. The number of hydrogen-bond acceptors (Lipinski definition) is 6. The third kappa shape index (κ3) is 4.89. The standard InChI is InChI=1S/C24H42N2O5S/c1-29-22-12-8-7-11-19(22)21-16-20(17-13-14-23(30-2)24(15-17)31-3)25-26(21)32(27,28)18-9-5-4-6-10-18/h17-19,21-24H,4-16H2,1-3H3. The fourth-order valence-corrected chi connectivity index (χ4v) is 8.70. The molecule has 4 aliphatic rings. The molecule has 0 spiro atoms. The van der Waals surface area contributed by atoms with E-state index in [4.69, 9.17) is 19.3 Å². The lowest BCUT2D eigenvalue weighted by Gasteiger charge is -2.39. The monoisotopic (exact) mass is 470 g/mol. The summed E-state index contributed by atoms with van der Waals surface area (Å²) in [4.78, 5) is 0. The Hall–Kier alpha value is -0.700. The van der Waals surface area contributed by atoms with Crippen molar-refractivity contribution in [2.45, 2.75) is 113 Å². The summed E-state index contributed by atoms with van der Waals surface area (Å²) in [5, 5.41) is 4.62. The van der Waals surface area contributed by atoms with Gasteiger partial charge in [0.25, 0.3) is 10.0 Å². The zero-order valence-electron chi connectivity index (χ0n) is 20.1. The number of ether oxygens (including phenoxy) is 3. The van der Waals surface area contributed by atoms with Crippen LogP contribution in [0.3, 0.4) is 0 Å². The summed E-state index contributed by atoms with van der Waals surface area (Å²) in [6.07, 6.45) is 12.7. The van der Waals surface area contributed by atoms with Crippen LogP contribution >= 0.6 is 0 Å². The molecular formula is C24H42N2O5S. The van der Waals surface area contributed by atoms with Crippen LogP contribution in [-0.2, 0) is 24.2 Å². The first kappa shape index (κ1) is 24.4. The van der Waals surface area contributed by atoms with Gasteiger partial charge in [-0.15, -0.1) is 0 Å². The van der Waals surface area contributed by atoms with Gasteiger partial charge in [0.1, 0.15) is 0 Å². The topological polar surface area (TPSA) is 77.4 Å². The Morgan fingerprint density at radius 2 is 1.44 bits per heavy atom. The summed E-state index contributed by atoms with van der Waals surface area (Å²) in [7, 11) is 1.79. The SMILES string of the molecule is COC1CCC(C2=NN(S(=O)(=O)C3CCCCC3)C(C3CCCCC3OC)C2)CC1OC. The van der Waals surface area contributed by atoms with Crippen molar-refractivity contribution in [1.82, 2.24) is 4.41 Å². The zero-order chi connectivity index (χ0) is 22.7. The summed E-state index contributed by atoms with van der Waals surface area (Å²) in [6, 6.07) is -0.108. The molecule has 8 heteroatoms. The lowest BCUT2D eigenvalue weighted by Crippen LogP contribution is -2.47. The number of hydrazone groups is 1. The second kappa shape index (κ2) is 10.7. The van der Waals surface area contributed by atoms with Crippen molar-refractivity contribution in [3.8, 4) is 0 Å². The molecule has 1 aliphatic heterocycles. The van der Waals surface area contributed by atoms with Crippen molar-refractivity contribution >= 4 is 15.7 Å². The minimum atomic E-state index is -3.46. The second-order valence-electron chi connectivity index (χ2n) is 10.2. The van der Waals surface area contributed by atoms with E-state index in [2.05, 4.69) is 0 Å². The van der Waals surface area contributed by atoms with Crippen LogP contribution in [0.1, 0.15) is 83.5 Å². The normalized spacial score (nSPS) is 37.5. The number of hydrogen-bond donors (Lipinski definition) is 0. The lowest BCUT2D eigenvalue weighted by atomic mass is 9.77. The highest BCUT2D eigenvalue weighted by Crippen LogP contribution is 2.41. The van der Waals surface area contributed by atoms with Crippen molar-refractivity contribution in [2.24, 2.45) is 16.9 Å². The van der Waals surface area contributed by atoms with E-state index in [1.54, 1.807) is 25.7 Å². The van der Waals surface area contributed by atoms with Crippen LogP contribution in [0.5, 0.6) is 0 Å². The molecule has 0 amide bonds. The molecule has 32 heavy (non-hydrogen) atoms. The number of rotatable bonds is 7. The number of methoxy groups -OCH3 is 3. The molecule has 1 heterocycles. The molecule has 6 unspecified atom stereocenters. The molecule has 0 N–H and O–H groups in total. The molecule has 3 aliphatic carbocycles. The van der Waals surface area contributed by atoms with Crippen molar-refractivity contribution in [3.63, 3.8) is 0 Å². The van der Waals surface area contributed by atoms with E-state index in [0.717, 1.165) is 89.2 Å². The predicted octanol–water partition coefficient (Wildman–Crippen LogP) is 4.11. The molecule has 4 rings (SSSR count). The van der Waals surface area contributed by atoms with Gasteiger partial charge < -0.3 is 14.2 Å². The summed E-state index contributed by atoms with van der Waals surface area (Å²) < 4.78 is 46.4. The van der Waals surface area contributed by atoms with E-state index in [0.29, 0.717) is 0 Å². The Bertz CT molecular complexity index is 751. The van der Waals surface area contributed by atoms with Crippen molar-refractivity contribution in [3.05, 3.63) is 0 Å². The van der Waals surface area contributed by atoms with Crippen LogP contribution in [0.15, 0.2) is 5.10 Å². The Labute approximate surface area is 194 Å². The van der Waals surface area contributed by atoms with Crippen LogP contribution in [0.2, 0.25) is 0 Å². The van der Waals surface area contributed by atoms with Crippen LogP contribution in [0, 0.1) is 11.8 Å². The average Bonchev–Trinajstić information content (AvgIpc) is 3.30. The quantitative estimate of drug-likeness (QED) is 0.559. The molecule has 0 aromatic rings. The van der Waals surface area contributed by atoms with Gasteiger partial charge in [-0.25, -0.2) is 8.42 Å². The first-order valence-corrected chi connectivity index (χ1v) is 14.2. The third-order valence-corrected chi connectivity index (χ3v) is 10.7. The molecule has 184 valence electrons. The average molecular weight is 471 g/mol. The Balaban J connectivity index is 1.60. The third-order valence-electron chi connectivity index (χ3n) is 8.52. The molecular weight excluding hydrogens is 428 g/mol. The first-order valence-electron chi connectivity index (χ1n) is 12.7. The summed E-state index contributed by atoms with van der Waals surface area (Å²) >= 11 is 0. The van der Waals surface area contributed by atoms with Gasteiger partial charge in [0.15, 0.2) is 0 Å². The predicted molar refractivity (Wildman–Crippen MR) is 125 cm³/mol. The van der Waals surface area contributed by atoms with E-state index in [1.807, 2.05) is 0 Å². The molecule has 0 aromatic heterocycles. The summed E-state index contributed by atoms with van der Waals surface area (Å²) in [6.45, 7) is 0. The first-order chi connectivity index (χ1) is 15.5. The fourth-order valence-electron chi connectivity index (χ4n) is 6.64. The Morgan fingerprint density at radius 3 is 2.12 bits per heavy atom. The summed E-state index contributed by atoms with van der Waals surface area (Å²) in [5.74, 6) is 0.465. The molecule has 3 saturated carbocycles. The van der Waals surface area contributed by atoms with Gasteiger partial charge in [-0.3, -0.25) is 0 Å². The van der Waals surface area contributed by atoms with Gasteiger partial charge >= 0.3 is 0 Å². The van der Waals surface area contributed by atoms with E-state index in [-0.39, 0.29) is 41.4 Å². The lowest BCUT2D eigenvalue weighted by molar-refractivity contribution is -0.0639. The van der Waals surface area contributed by atoms with Crippen molar-refractivity contribution < 1.29 is 22.6 Å². The van der Waals surface area contributed by atoms with Crippen molar-refractivity contribution in [1.29, 1.82) is 0 Å². The number of sulfonamides is 1. The van der Waals surface area contributed by atoms with Crippen LogP contribution in [0.25, 0.3) is 0 Å². The van der Waals surface area contributed by atoms with E-state index >= 15 is 0 Å². The minimum absolute atomic E-state index is 0.0327. The van der Waals surface area contributed by atoms with Gasteiger partial charge in [0.05, 0.1) is 29.6 Å². The second-order valence-corrected chi connectivity index (χ2v) is 12.3. The largest absolute Gasteiger partial charge is 0.381 e. The van der Waals surface area contributed by atoms with Gasteiger partial charge in [-0.2, -0.15) is 9.52 Å². The van der Waals surface area contributed by atoms with E-state index < -0.39 is 10.0 Å². The fraction of sp³-hybridized carbons (Fsp3) is 0.958. The van der Waals surface area contributed by atoms with Gasteiger partial charge in [-0.05, 0) is 44.9 Å². The van der Waals surface area contributed by atoms with Gasteiger partial charge in [-0.1, -0.05) is 32.1 Å². The smallest absolute Gasteiger partial charge is 0.252 e. The molecule has 0 bridgehead atoms. The van der Waals surface area contributed by atoms with Crippen LogP contribution < -0.4 is 0 Å². The van der Waals surface area contributed by atoms with E-state index in [9.17, 15) is 8.42 Å². The molecule has 0 radical (unpaired) electrons. The Morgan fingerprint density at radius 1 is 0.781 bits per heavy atom. The molecule has 3 fully saturated rings. The molecule has 6 atom stereocenters. The maximum atomic E-state index is 13.8. The van der Waals surface area contributed by atoms with Gasteiger partial charge in [0, 0.05) is 45.3 Å². The maximum absolute atomic E-state index is 13.8. The van der Waals surface area contributed by atoms with E-state index in [1.165, 1.54) is 0 Å². The molecule has 7 nitrogen and oxygen atoms in total. The highest BCUT2D eigenvalue weighted by atomic mass is 32.2. The number of nitrogens with zero attached hydrogens (tertiary/aromatic N) is 2. The van der Waals surface area contributed by atoms with Gasteiger partial charge in [0.2, 0.25) is 0 Å². The van der Waals surface area contributed by atoms with Crippen molar-refractivity contribution in [2.75, 3.05) is 21.3 Å². The minimum Gasteiger partial charge on any atom is -0.381 e. The van der Waals surface area contributed by atoms with Crippen LogP contribution in [-0.4, -0.2) is 69.5 Å². The highest BCUT2D eigenvalue weighted by Gasteiger charge is 2.48. The zero-order valence-corrected chi connectivity index (χ0v) is 20.9.